The molecule has 0 unspecified atom stereocenters. The van der Waals surface area contributed by atoms with Crippen LogP contribution in [-0.4, -0.2) is 32.7 Å². The highest BCUT2D eigenvalue weighted by Crippen LogP contribution is 2.27. The number of nitrogens with zero attached hydrogens (tertiary/aromatic N) is 1. The minimum absolute atomic E-state index is 0.0339. The average Bonchev–Trinajstić information content (AvgIpc) is 2.50. The van der Waals surface area contributed by atoms with Crippen molar-refractivity contribution in [2.45, 2.75) is 4.90 Å². The van der Waals surface area contributed by atoms with Gasteiger partial charge in [0.05, 0.1) is 5.69 Å². The highest BCUT2D eigenvalue weighted by atomic mass is 79.9. The van der Waals surface area contributed by atoms with Gasteiger partial charge in [-0.15, -0.1) is 0 Å². The van der Waals surface area contributed by atoms with E-state index in [4.69, 9.17) is 0 Å². The van der Waals surface area contributed by atoms with E-state index >= 15 is 0 Å². The maximum atomic E-state index is 13.9. The number of sulfonamides is 1. The Labute approximate surface area is 156 Å². The van der Waals surface area contributed by atoms with Crippen LogP contribution in [-0.2, 0) is 10.0 Å². The topological polar surface area (TPSA) is 66.5 Å². The van der Waals surface area contributed by atoms with Gasteiger partial charge in [0.15, 0.2) is 0 Å². The smallest absolute Gasteiger partial charge is 0.255 e. The summed E-state index contributed by atoms with van der Waals surface area (Å²) in [5, 5.41) is 2.64. The van der Waals surface area contributed by atoms with Crippen LogP contribution in [0.25, 0.3) is 0 Å². The Morgan fingerprint density at radius 2 is 1.79 bits per heavy atom. The largest absolute Gasteiger partial charge is 0.321 e. The van der Waals surface area contributed by atoms with E-state index in [0.717, 1.165) is 20.9 Å². The van der Waals surface area contributed by atoms with Gasteiger partial charge >= 0.3 is 0 Å². The van der Waals surface area contributed by atoms with Gasteiger partial charge in [-0.05, 0) is 52.3 Å². The van der Waals surface area contributed by atoms with Crippen molar-refractivity contribution >= 4 is 53.5 Å². The second-order valence-corrected chi connectivity index (χ2v) is 8.90. The van der Waals surface area contributed by atoms with Crippen molar-refractivity contribution in [3.05, 3.63) is 56.7 Å². The number of rotatable bonds is 4. The summed E-state index contributed by atoms with van der Waals surface area (Å²) in [6.07, 6.45) is 0. The first-order valence-electron chi connectivity index (χ1n) is 6.61. The fraction of sp³-hybridized carbons (Fsp3) is 0.133. The Morgan fingerprint density at radius 3 is 2.38 bits per heavy atom. The zero-order chi connectivity index (χ0) is 18.1. The Balaban J connectivity index is 2.37. The van der Waals surface area contributed by atoms with Crippen molar-refractivity contribution in [3.63, 3.8) is 0 Å². The molecule has 9 heteroatoms. The van der Waals surface area contributed by atoms with Crippen LogP contribution >= 0.6 is 31.9 Å². The zero-order valence-electron chi connectivity index (χ0n) is 12.7. The van der Waals surface area contributed by atoms with Gasteiger partial charge in [0, 0.05) is 28.6 Å². The lowest BCUT2D eigenvalue weighted by Crippen LogP contribution is -2.24. The summed E-state index contributed by atoms with van der Waals surface area (Å²) < 4.78 is 40.5. The number of anilines is 1. The van der Waals surface area contributed by atoms with Gasteiger partial charge in [-0.2, -0.15) is 0 Å². The lowest BCUT2D eigenvalue weighted by atomic mass is 10.2. The summed E-state index contributed by atoms with van der Waals surface area (Å²) in [5.74, 6) is -1.46. The van der Waals surface area contributed by atoms with E-state index in [0.29, 0.717) is 10.2 Å². The predicted octanol–water partition coefficient (Wildman–Crippen LogP) is 3.85. The number of halogens is 3. The first-order chi connectivity index (χ1) is 11.1. The number of nitrogens with one attached hydrogen (secondary N) is 1. The fourth-order valence-electron chi connectivity index (χ4n) is 1.82. The Hall–Kier alpha value is -1.29. The van der Waals surface area contributed by atoms with E-state index in [1.54, 1.807) is 18.2 Å². The molecule has 0 aliphatic rings. The molecule has 0 fully saturated rings. The van der Waals surface area contributed by atoms with Crippen LogP contribution in [0.1, 0.15) is 10.4 Å². The molecule has 24 heavy (non-hydrogen) atoms. The molecule has 0 bridgehead atoms. The quantitative estimate of drug-likeness (QED) is 0.724. The van der Waals surface area contributed by atoms with Crippen LogP contribution in [0, 0.1) is 5.82 Å². The first-order valence-corrected chi connectivity index (χ1v) is 9.64. The van der Waals surface area contributed by atoms with Crippen LogP contribution in [0.3, 0.4) is 0 Å². The highest BCUT2D eigenvalue weighted by Gasteiger charge is 2.23. The van der Waals surface area contributed by atoms with E-state index in [-0.39, 0.29) is 5.56 Å². The maximum Gasteiger partial charge on any atom is 0.255 e. The molecular formula is C15H13Br2FN2O3S. The van der Waals surface area contributed by atoms with Crippen molar-refractivity contribution in [3.8, 4) is 0 Å². The molecule has 0 spiro atoms. The van der Waals surface area contributed by atoms with E-state index in [1.165, 1.54) is 20.2 Å². The minimum atomic E-state index is -3.99. The summed E-state index contributed by atoms with van der Waals surface area (Å²) in [4.78, 5) is 11.8. The normalized spacial score (nSPS) is 11.6. The Morgan fingerprint density at radius 1 is 1.12 bits per heavy atom. The number of hydrogen-bond donors (Lipinski definition) is 1. The molecule has 0 saturated heterocycles. The molecule has 0 aliphatic heterocycles. The van der Waals surface area contributed by atoms with Gasteiger partial charge < -0.3 is 5.32 Å². The number of carbonyl (C=O) groups is 1. The summed E-state index contributed by atoms with van der Waals surface area (Å²) in [5.41, 5.74) is 0.538. The second kappa shape index (κ2) is 7.30. The van der Waals surface area contributed by atoms with Crippen molar-refractivity contribution in [2.24, 2.45) is 0 Å². The molecule has 128 valence electrons. The molecule has 0 aromatic heterocycles. The van der Waals surface area contributed by atoms with Crippen LogP contribution in [0.2, 0.25) is 0 Å². The third-order valence-electron chi connectivity index (χ3n) is 3.13. The second-order valence-electron chi connectivity index (χ2n) is 5.01. The third kappa shape index (κ3) is 4.02. The SMILES string of the molecule is CN(C)S(=O)(=O)c1cc(C(=O)Nc2ccc(Br)cc2Br)ccc1F. The number of hydrogen-bond acceptors (Lipinski definition) is 3. The summed E-state index contributed by atoms with van der Waals surface area (Å²) in [6.45, 7) is 0. The van der Waals surface area contributed by atoms with Crippen LogP contribution in [0.5, 0.6) is 0 Å². The van der Waals surface area contributed by atoms with Gasteiger partial charge in [-0.3, -0.25) is 4.79 Å². The lowest BCUT2D eigenvalue weighted by molar-refractivity contribution is 0.102. The van der Waals surface area contributed by atoms with Crippen molar-refractivity contribution in [2.75, 3.05) is 19.4 Å². The lowest BCUT2D eigenvalue weighted by Gasteiger charge is -2.13. The highest BCUT2D eigenvalue weighted by molar-refractivity contribution is 9.11. The van der Waals surface area contributed by atoms with Gasteiger partial charge in [-0.1, -0.05) is 15.9 Å². The Kier molecular flexibility index (Phi) is 5.79. The Bertz CT molecular complexity index is 902. The van der Waals surface area contributed by atoms with Crippen molar-refractivity contribution in [1.82, 2.24) is 4.31 Å². The molecule has 2 aromatic carbocycles. The van der Waals surface area contributed by atoms with Crippen molar-refractivity contribution < 1.29 is 17.6 Å². The molecule has 0 heterocycles. The van der Waals surface area contributed by atoms with Gasteiger partial charge in [0.25, 0.3) is 5.91 Å². The van der Waals surface area contributed by atoms with Crippen LogP contribution in [0.4, 0.5) is 10.1 Å². The van der Waals surface area contributed by atoms with E-state index < -0.39 is 26.6 Å². The molecule has 1 N–H and O–H groups in total. The predicted molar refractivity (Wildman–Crippen MR) is 97.1 cm³/mol. The van der Waals surface area contributed by atoms with Gasteiger partial charge in [-0.25, -0.2) is 17.1 Å². The van der Waals surface area contributed by atoms with Crippen LogP contribution in [0.15, 0.2) is 50.2 Å². The van der Waals surface area contributed by atoms with E-state index in [2.05, 4.69) is 37.2 Å². The molecule has 2 aromatic rings. The molecule has 2 rings (SSSR count). The molecule has 0 saturated carbocycles. The first kappa shape index (κ1) is 19.0. The molecule has 0 radical (unpaired) electrons. The summed E-state index contributed by atoms with van der Waals surface area (Å²) >= 11 is 6.62. The van der Waals surface area contributed by atoms with E-state index in [9.17, 15) is 17.6 Å². The molecule has 0 atom stereocenters. The summed E-state index contributed by atoms with van der Waals surface area (Å²) in [6, 6.07) is 8.38. The van der Waals surface area contributed by atoms with Gasteiger partial charge in [0.1, 0.15) is 10.7 Å². The van der Waals surface area contributed by atoms with Crippen LogP contribution < -0.4 is 5.32 Å². The molecule has 0 aliphatic carbocycles. The standard InChI is InChI=1S/C15H13Br2FN2O3S/c1-20(2)24(22,23)14-7-9(3-5-12(14)18)15(21)19-13-6-4-10(16)8-11(13)17/h3-8H,1-2H3,(H,19,21). The maximum absolute atomic E-state index is 13.9. The average molecular weight is 480 g/mol. The number of amides is 1. The third-order valence-corrected chi connectivity index (χ3v) is 6.11. The molecular weight excluding hydrogens is 467 g/mol. The summed E-state index contributed by atoms with van der Waals surface area (Å²) in [7, 11) is -1.40. The number of carbonyl (C=O) groups excluding carboxylic acids is 1. The van der Waals surface area contributed by atoms with Gasteiger partial charge in [0.2, 0.25) is 10.0 Å². The monoisotopic (exact) mass is 478 g/mol. The minimum Gasteiger partial charge on any atom is -0.321 e. The zero-order valence-corrected chi connectivity index (χ0v) is 16.7. The van der Waals surface area contributed by atoms with E-state index in [1.807, 2.05) is 0 Å². The van der Waals surface area contributed by atoms with Crippen molar-refractivity contribution in [1.29, 1.82) is 0 Å². The molecule has 1 amide bonds. The number of benzene rings is 2. The fourth-order valence-corrected chi connectivity index (χ4v) is 3.95. The molecule has 5 nitrogen and oxygen atoms in total.